The predicted molar refractivity (Wildman–Crippen MR) is 75.4 cm³/mol. The summed E-state index contributed by atoms with van der Waals surface area (Å²) in [5.41, 5.74) is 0.236. The van der Waals surface area contributed by atoms with Crippen molar-refractivity contribution in [3.05, 3.63) is 46.0 Å². The molecule has 3 rings (SSSR count). The third kappa shape index (κ3) is 2.22. The standard InChI is InChI=1S/C14H12FN3O3/c15-8-1-2-10-12(5-8)21-4-3-18-13(20)6-11(19)9(7-16)14(18)17-10/h1-2,5-7,16-17,19H,3-4H2. The van der Waals surface area contributed by atoms with Gasteiger partial charge in [-0.15, -0.1) is 0 Å². The van der Waals surface area contributed by atoms with Gasteiger partial charge in [0.05, 0.1) is 17.8 Å². The summed E-state index contributed by atoms with van der Waals surface area (Å²) in [7, 11) is 0. The molecule has 7 heteroatoms. The molecule has 21 heavy (non-hydrogen) atoms. The highest BCUT2D eigenvalue weighted by Gasteiger charge is 2.18. The Labute approximate surface area is 118 Å². The van der Waals surface area contributed by atoms with E-state index in [1.165, 1.54) is 22.8 Å². The van der Waals surface area contributed by atoms with Gasteiger partial charge < -0.3 is 20.6 Å². The molecule has 0 unspecified atom stereocenters. The van der Waals surface area contributed by atoms with Crippen LogP contribution in [0.2, 0.25) is 0 Å². The number of rotatable bonds is 1. The molecule has 0 saturated carbocycles. The minimum atomic E-state index is -0.434. The van der Waals surface area contributed by atoms with Crippen LogP contribution >= 0.6 is 0 Å². The van der Waals surface area contributed by atoms with Gasteiger partial charge in [0.25, 0.3) is 5.56 Å². The zero-order valence-electron chi connectivity index (χ0n) is 10.9. The minimum absolute atomic E-state index is 0.174. The van der Waals surface area contributed by atoms with Crippen LogP contribution in [0.5, 0.6) is 11.5 Å². The molecule has 1 aromatic carbocycles. The fraction of sp³-hybridized carbons (Fsp3) is 0.143. The highest BCUT2D eigenvalue weighted by Crippen LogP contribution is 2.32. The average Bonchev–Trinajstić information content (AvgIpc) is 2.42. The molecule has 1 aliphatic rings. The third-order valence-corrected chi connectivity index (χ3v) is 3.24. The Bertz CT molecular complexity index is 786. The zero-order valence-corrected chi connectivity index (χ0v) is 10.9. The lowest BCUT2D eigenvalue weighted by molar-refractivity contribution is 0.294. The number of ether oxygens (including phenoxy) is 1. The second-order valence-corrected chi connectivity index (χ2v) is 4.54. The topological polar surface area (TPSA) is 87.3 Å². The van der Waals surface area contributed by atoms with Gasteiger partial charge in [0.2, 0.25) is 0 Å². The first-order chi connectivity index (χ1) is 10.1. The van der Waals surface area contributed by atoms with Crippen LogP contribution in [0.3, 0.4) is 0 Å². The number of nitrogens with zero attached hydrogens (tertiary/aromatic N) is 1. The number of hydrogen-bond donors (Lipinski definition) is 3. The number of aromatic hydroxyl groups is 1. The van der Waals surface area contributed by atoms with Crippen LogP contribution in [0.4, 0.5) is 15.9 Å². The summed E-state index contributed by atoms with van der Waals surface area (Å²) in [4.78, 5) is 12.0. The Morgan fingerprint density at radius 1 is 1.43 bits per heavy atom. The smallest absolute Gasteiger partial charge is 0.255 e. The maximum absolute atomic E-state index is 13.3. The zero-order chi connectivity index (χ0) is 15.0. The molecular formula is C14H12FN3O3. The Hall–Kier alpha value is -2.83. The molecule has 2 heterocycles. The van der Waals surface area contributed by atoms with Crippen molar-refractivity contribution < 1.29 is 14.2 Å². The van der Waals surface area contributed by atoms with Crippen molar-refractivity contribution in [2.45, 2.75) is 6.54 Å². The van der Waals surface area contributed by atoms with Gasteiger partial charge in [0, 0.05) is 18.3 Å². The summed E-state index contributed by atoms with van der Waals surface area (Å²) in [6.45, 7) is 0.394. The number of fused-ring (bicyclic) bond motifs is 2. The van der Waals surface area contributed by atoms with Gasteiger partial charge in [-0.1, -0.05) is 0 Å². The molecule has 0 amide bonds. The molecule has 2 aromatic rings. The van der Waals surface area contributed by atoms with Gasteiger partial charge >= 0.3 is 0 Å². The lowest BCUT2D eigenvalue weighted by Crippen LogP contribution is -2.27. The van der Waals surface area contributed by atoms with Crippen LogP contribution in [-0.2, 0) is 6.54 Å². The molecule has 3 N–H and O–H groups in total. The molecule has 1 aliphatic heterocycles. The Morgan fingerprint density at radius 3 is 3.00 bits per heavy atom. The predicted octanol–water partition coefficient (Wildman–Crippen LogP) is 1.83. The number of anilines is 2. The molecule has 0 atom stereocenters. The number of aromatic nitrogens is 1. The van der Waals surface area contributed by atoms with E-state index in [-0.39, 0.29) is 30.3 Å². The van der Waals surface area contributed by atoms with E-state index in [0.29, 0.717) is 11.4 Å². The fourth-order valence-electron chi connectivity index (χ4n) is 2.24. The van der Waals surface area contributed by atoms with Crippen molar-refractivity contribution >= 4 is 17.7 Å². The van der Waals surface area contributed by atoms with Crippen LogP contribution in [0.1, 0.15) is 5.56 Å². The number of hydrogen-bond acceptors (Lipinski definition) is 5. The Kier molecular flexibility index (Phi) is 3.09. The van der Waals surface area contributed by atoms with Crippen molar-refractivity contribution in [3.8, 4) is 11.5 Å². The van der Waals surface area contributed by atoms with Crippen LogP contribution in [0.25, 0.3) is 0 Å². The van der Waals surface area contributed by atoms with Gasteiger partial charge in [-0.2, -0.15) is 0 Å². The number of nitrogens with one attached hydrogen (secondary N) is 2. The number of halogens is 1. The van der Waals surface area contributed by atoms with Crippen molar-refractivity contribution in [3.63, 3.8) is 0 Å². The lowest BCUT2D eigenvalue weighted by Gasteiger charge is -2.22. The molecule has 108 valence electrons. The summed E-state index contributed by atoms with van der Waals surface area (Å²) in [6, 6.07) is 5.02. The van der Waals surface area contributed by atoms with E-state index in [1.807, 2.05) is 0 Å². The largest absolute Gasteiger partial charge is 0.507 e. The van der Waals surface area contributed by atoms with Crippen LogP contribution in [-0.4, -0.2) is 22.5 Å². The van der Waals surface area contributed by atoms with E-state index < -0.39 is 11.4 Å². The van der Waals surface area contributed by atoms with Gasteiger partial charge in [0.15, 0.2) is 0 Å². The highest BCUT2D eigenvalue weighted by atomic mass is 19.1. The summed E-state index contributed by atoms with van der Waals surface area (Å²) in [5.74, 6) is -0.116. The monoisotopic (exact) mass is 289 g/mol. The lowest BCUT2D eigenvalue weighted by atomic mass is 10.2. The second kappa shape index (κ2) is 4.93. The summed E-state index contributed by atoms with van der Waals surface area (Å²) < 4.78 is 20.1. The second-order valence-electron chi connectivity index (χ2n) is 4.54. The minimum Gasteiger partial charge on any atom is -0.507 e. The fourth-order valence-corrected chi connectivity index (χ4v) is 2.24. The van der Waals surface area contributed by atoms with Crippen LogP contribution in [0.15, 0.2) is 29.1 Å². The first-order valence-electron chi connectivity index (χ1n) is 6.27. The molecule has 0 fully saturated rings. The molecule has 0 saturated heterocycles. The van der Waals surface area contributed by atoms with Crippen LogP contribution < -0.4 is 15.6 Å². The van der Waals surface area contributed by atoms with Gasteiger partial charge in [0.1, 0.15) is 29.7 Å². The van der Waals surface area contributed by atoms with E-state index in [9.17, 15) is 14.3 Å². The maximum Gasteiger partial charge on any atom is 0.255 e. The van der Waals surface area contributed by atoms with Crippen LogP contribution in [0, 0.1) is 11.2 Å². The van der Waals surface area contributed by atoms with Crippen molar-refractivity contribution in [1.29, 1.82) is 5.41 Å². The van der Waals surface area contributed by atoms with Gasteiger partial charge in [-0.3, -0.25) is 9.36 Å². The van der Waals surface area contributed by atoms with Crippen molar-refractivity contribution in [1.82, 2.24) is 4.57 Å². The Balaban J connectivity index is 2.22. The van der Waals surface area contributed by atoms with E-state index in [2.05, 4.69) is 5.32 Å². The first-order valence-corrected chi connectivity index (χ1v) is 6.27. The first kappa shape index (κ1) is 13.2. The SMILES string of the molecule is N=Cc1c(O)cc(=O)n2c1Nc1ccc(F)cc1OCC2. The highest BCUT2D eigenvalue weighted by molar-refractivity contribution is 5.89. The third-order valence-electron chi connectivity index (χ3n) is 3.24. The normalized spacial score (nSPS) is 13.0. The number of pyridine rings is 1. The molecular weight excluding hydrogens is 277 g/mol. The van der Waals surface area contributed by atoms with Gasteiger partial charge in [-0.25, -0.2) is 4.39 Å². The molecule has 0 bridgehead atoms. The summed E-state index contributed by atoms with van der Waals surface area (Å²) >= 11 is 0. The molecule has 0 aliphatic carbocycles. The number of benzene rings is 1. The molecule has 0 spiro atoms. The van der Waals surface area contributed by atoms with E-state index in [1.54, 1.807) is 0 Å². The van der Waals surface area contributed by atoms with E-state index >= 15 is 0 Å². The van der Waals surface area contributed by atoms with Crippen molar-refractivity contribution in [2.24, 2.45) is 0 Å². The summed E-state index contributed by atoms with van der Waals surface area (Å²) in [6.07, 6.45) is 0.958. The maximum atomic E-state index is 13.3. The van der Waals surface area contributed by atoms with Crippen molar-refractivity contribution in [2.75, 3.05) is 11.9 Å². The van der Waals surface area contributed by atoms with Gasteiger partial charge in [-0.05, 0) is 12.1 Å². The Morgan fingerprint density at radius 2 is 2.24 bits per heavy atom. The average molecular weight is 289 g/mol. The van der Waals surface area contributed by atoms with E-state index in [4.69, 9.17) is 10.1 Å². The van der Waals surface area contributed by atoms with E-state index in [0.717, 1.165) is 12.3 Å². The molecule has 6 nitrogen and oxygen atoms in total. The molecule has 0 radical (unpaired) electrons. The quantitative estimate of drug-likeness (QED) is 0.699. The molecule has 1 aromatic heterocycles. The summed E-state index contributed by atoms with van der Waals surface area (Å²) in [5, 5.41) is 20.1.